The highest BCUT2D eigenvalue weighted by Gasteiger charge is 2.28. The Bertz CT molecular complexity index is 273. The monoisotopic (exact) mass is 284 g/mol. The summed E-state index contributed by atoms with van der Waals surface area (Å²) in [5.41, 5.74) is 0. The topological polar surface area (TPSA) is 54.4 Å². The van der Waals surface area contributed by atoms with Crippen LogP contribution in [0.15, 0.2) is 0 Å². The van der Waals surface area contributed by atoms with Crippen molar-refractivity contribution in [3.63, 3.8) is 0 Å². The molecule has 2 atom stereocenters. The summed E-state index contributed by atoms with van der Waals surface area (Å²) in [5, 5.41) is 9.24. The number of hydrogen-bond acceptors (Lipinski definition) is 2. The standard InChI is InChI=1S/C17H32O3/c1-4-6-8-9-10-11-13-15(17(19)20)16(18)14(3)12-7-5-2/h14-15H,4-13H2,1-3H3,(H,19,20). The van der Waals surface area contributed by atoms with Crippen molar-refractivity contribution in [1.29, 1.82) is 0 Å². The molecule has 0 spiro atoms. The zero-order valence-electron chi connectivity index (χ0n) is 13.5. The predicted octanol–water partition coefficient (Wildman–Crippen LogP) is 4.83. The van der Waals surface area contributed by atoms with E-state index in [4.69, 9.17) is 0 Å². The molecule has 0 heterocycles. The zero-order valence-corrected chi connectivity index (χ0v) is 13.5. The van der Waals surface area contributed by atoms with Gasteiger partial charge in [0.25, 0.3) is 0 Å². The molecule has 2 unspecified atom stereocenters. The molecular weight excluding hydrogens is 252 g/mol. The number of ketones is 1. The van der Waals surface area contributed by atoms with Crippen LogP contribution in [0.3, 0.4) is 0 Å². The van der Waals surface area contributed by atoms with E-state index in [0.717, 1.165) is 38.5 Å². The van der Waals surface area contributed by atoms with Gasteiger partial charge in [-0.1, -0.05) is 72.1 Å². The van der Waals surface area contributed by atoms with Gasteiger partial charge in [0, 0.05) is 5.92 Å². The van der Waals surface area contributed by atoms with E-state index in [0.29, 0.717) is 6.42 Å². The van der Waals surface area contributed by atoms with Gasteiger partial charge in [-0.2, -0.15) is 0 Å². The molecular formula is C17H32O3. The number of carbonyl (C=O) groups excluding carboxylic acids is 1. The fourth-order valence-electron chi connectivity index (χ4n) is 2.51. The first kappa shape index (κ1) is 19.1. The molecule has 0 radical (unpaired) electrons. The van der Waals surface area contributed by atoms with E-state index in [1.165, 1.54) is 19.3 Å². The van der Waals surface area contributed by atoms with Crippen LogP contribution in [0, 0.1) is 11.8 Å². The number of Topliss-reactive ketones (excluding diaryl/α,β-unsaturated/α-hetero) is 1. The van der Waals surface area contributed by atoms with Gasteiger partial charge in [0.15, 0.2) is 0 Å². The first-order chi connectivity index (χ1) is 9.54. The van der Waals surface area contributed by atoms with E-state index >= 15 is 0 Å². The van der Waals surface area contributed by atoms with Gasteiger partial charge < -0.3 is 5.11 Å². The smallest absolute Gasteiger partial charge is 0.314 e. The van der Waals surface area contributed by atoms with E-state index in [9.17, 15) is 14.7 Å². The maximum absolute atomic E-state index is 12.2. The molecule has 0 amide bonds. The molecule has 0 rings (SSSR count). The van der Waals surface area contributed by atoms with Crippen LogP contribution in [0.2, 0.25) is 0 Å². The SMILES string of the molecule is CCCCCCCCC(C(=O)O)C(=O)C(C)CCCC. The fraction of sp³-hybridized carbons (Fsp3) is 0.882. The predicted molar refractivity (Wildman–Crippen MR) is 82.8 cm³/mol. The molecule has 0 aromatic rings. The van der Waals surface area contributed by atoms with Gasteiger partial charge in [-0.05, 0) is 12.8 Å². The molecule has 1 N–H and O–H groups in total. The maximum atomic E-state index is 12.2. The highest BCUT2D eigenvalue weighted by molar-refractivity contribution is 5.99. The third-order valence-corrected chi connectivity index (χ3v) is 3.96. The average Bonchev–Trinajstić information content (AvgIpc) is 2.42. The Morgan fingerprint density at radius 1 is 0.850 bits per heavy atom. The lowest BCUT2D eigenvalue weighted by atomic mass is 9.87. The first-order valence-electron chi connectivity index (χ1n) is 8.31. The summed E-state index contributed by atoms with van der Waals surface area (Å²) < 4.78 is 0. The molecule has 3 nitrogen and oxygen atoms in total. The summed E-state index contributed by atoms with van der Waals surface area (Å²) in [4.78, 5) is 23.4. The van der Waals surface area contributed by atoms with Crippen LogP contribution in [0.1, 0.15) is 85.0 Å². The van der Waals surface area contributed by atoms with E-state index in [1.807, 2.05) is 6.92 Å². The van der Waals surface area contributed by atoms with Crippen LogP contribution in [0.4, 0.5) is 0 Å². The Balaban J connectivity index is 4.08. The quantitative estimate of drug-likeness (QED) is 0.389. The van der Waals surface area contributed by atoms with Crippen molar-refractivity contribution >= 4 is 11.8 Å². The Hall–Kier alpha value is -0.860. The lowest BCUT2D eigenvalue weighted by molar-refractivity contribution is -0.147. The van der Waals surface area contributed by atoms with Crippen LogP contribution in [0.5, 0.6) is 0 Å². The van der Waals surface area contributed by atoms with Gasteiger partial charge in [0.2, 0.25) is 0 Å². The van der Waals surface area contributed by atoms with E-state index < -0.39 is 11.9 Å². The van der Waals surface area contributed by atoms with Crippen molar-refractivity contribution in [2.75, 3.05) is 0 Å². The molecule has 0 saturated heterocycles. The van der Waals surface area contributed by atoms with Gasteiger partial charge in [0.1, 0.15) is 11.7 Å². The fourth-order valence-corrected chi connectivity index (χ4v) is 2.51. The Morgan fingerprint density at radius 3 is 1.95 bits per heavy atom. The number of unbranched alkanes of at least 4 members (excludes halogenated alkanes) is 6. The molecule has 0 aromatic heterocycles. The maximum Gasteiger partial charge on any atom is 0.314 e. The molecule has 0 aliphatic carbocycles. The van der Waals surface area contributed by atoms with Gasteiger partial charge in [0.05, 0.1) is 0 Å². The van der Waals surface area contributed by atoms with Crippen molar-refractivity contribution < 1.29 is 14.7 Å². The summed E-state index contributed by atoms with van der Waals surface area (Å²) in [6.07, 6.45) is 10.1. The summed E-state index contributed by atoms with van der Waals surface area (Å²) in [6.45, 7) is 6.13. The van der Waals surface area contributed by atoms with Crippen LogP contribution in [-0.4, -0.2) is 16.9 Å². The Labute approximate surface area is 124 Å². The second kappa shape index (κ2) is 11.9. The molecule has 0 bridgehead atoms. The first-order valence-corrected chi connectivity index (χ1v) is 8.31. The summed E-state index contributed by atoms with van der Waals surface area (Å²) in [5.74, 6) is -1.91. The normalized spacial score (nSPS) is 13.9. The second-order valence-corrected chi connectivity index (χ2v) is 5.89. The van der Waals surface area contributed by atoms with Gasteiger partial charge in [-0.25, -0.2) is 0 Å². The van der Waals surface area contributed by atoms with Crippen molar-refractivity contribution in [3.8, 4) is 0 Å². The van der Waals surface area contributed by atoms with E-state index in [1.54, 1.807) is 0 Å². The lowest BCUT2D eigenvalue weighted by Gasteiger charge is -2.16. The number of aliphatic carboxylic acids is 1. The van der Waals surface area contributed by atoms with Gasteiger partial charge >= 0.3 is 5.97 Å². The summed E-state index contributed by atoms with van der Waals surface area (Å²) >= 11 is 0. The summed E-state index contributed by atoms with van der Waals surface area (Å²) in [7, 11) is 0. The van der Waals surface area contributed by atoms with E-state index in [-0.39, 0.29) is 11.7 Å². The van der Waals surface area contributed by atoms with Crippen LogP contribution in [0.25, 0.3) is 0 Å². The van der Waals surface area contributed by atoms with Crippen molar-refractivity contribution in [2.24, 2.45) is 11.8 Å². The van der Waals surface area contributed by atoms with Crippen LogP contribution >= 0.6 is 0 Å². The zero-order chi connectivity index (χ0) is 15.4. The number of carboxylic acid groups (broad SMARTS) is 1. The van der Waals surface area contributed by atoms with Crippen molar-refractivity contribution in [1.82, 2.24) is 0 Å². The summed E-state index contributed by atoms with van der Waals surface area (Å²) in [6, 6.07) is 0. The third kappa shape index (κ3) is 8.34. The number of hydrogen-bond donors (Lipinski definition) is 1. The third-order valence-electron chi connectivity index (χ3n) is 3.96. The van der Waals surface area contributed by atoms with Crippen LogP contribution < -0.4 is 0 Å². The number of carbonyl (C=O) groups is 2. The molecule has 20 heavy (non-hydrogen) atoms. The molecule has 118 valence electrons. The average molecular weight is 284 g/mol. The largest absolute Gasteiger partial charge is 0.481 e. The van der Waals surface area contributed by atoms with Crippen molar-refractivity contribution in [2.45, 2.75) is 85.0 Å². The molecule has 0 aliphatic rings. The Morgan fingerprint density at radius 2 is 1.40 bits per heavy atom. The minimum Gasteiger partial charge on any atom is -0.481 e. The van der Waals surface area contributed by atoms with Gasteiger partial charge in [-0.15, -0.1) is 0 Å². The molecule has 0 aromatic carbocycles. The Kier molecular flexibility index (Phi) is 11.4. The number of rotatable bonds is 13. The minimum absolute atomic E-state index is 0.0699. The minimum atomic E-state index is -0.938. The highest BCUT2D eigenvalue weighted by atomic mass is 16.4. The number of carboxylic acids is 1. The molecule has 0 saturated carbocycles. The van der Waals surface area contributed by atoms with Crippen molar-refractivity contribution in [3.05, 3.63) is 0 Å². The van der Waals surface area contributed by atoms with Gasteiger partial charge in [-0.3, -0.25) is 9.59 Å². The lowest BCUT2D eigenvalue weighted by Crippen LogP contribution is -2.28. The van der Waals surface area contributed by atoms with E-state index in [2.05, 4.69) is 13.8 Å². The highest BCUT2D eigenvalue weighted by Crippen LogP contribution is 2.20. The molecule has 0 aliphatic heterocycles. The molecule has 0 fully saturated rings. The molecule has 3 heteroatoms. The van der Waals surface area contributed by atoms with Crippen LogP contribution in [-0.2, 0) is 9.59 Å². The second-order valence-electron chi connectivity index (χ2n) is 5.89.